The van der Waals surface area contributed by atoms with Gasteiger partial charge in [0.2, 0.25) is 5.91 Å². The number of unbranched alkanes of at least 4 members (excludes halogenated alkanes) is 3. The Morgan fingerprint density at radius 3 is 2.62 bits per heavy atom. The lowest BCUT2D eigenvalue weighted by Crippen LogP contribution is -2.31. The van der Waals surface area contributed by atoms with Crippen LogP contribution in [0.25, 0.3) is 0 Å². The van der Waals surface area contributed by atoms with Crippen LogP contribution in [0.4, 0.5) is 8.78 Å². The fraction of sp³-hybridized carbons (Fsp3) is 0.562. The molecule has 3 nitrogen and oxygen atoms in total. The van der Waals surface area contributed by atoms with Gasteiger partial charge in [0.1, 0.15) is 6.17 Å². The second-order valence-electron chi connectivity index (χ2n) is 5.56. The molecule has 1 amide bonds. The van der Waals surface area contributed by atoms with E-state index in [0.717, 1.165) is 37.8 Å². The summed E-state index contributed by atoms with van der Waals surface area (Å²) in [5.41, 5.74) is 0.585. The van der Waals surface area contributed by atoms with Crippen molar-refractivity contribution in [1.82, 2.24) is 10.2 Å². The van der Waals surface area contributed by atoms with Gasteiger partial charge in [-0.05, 0) is 31.0 Å². The smallest absolute Gasteiger partial charge is 0.241 e. The van der Waals surface area contributed by atoms with Crippen LogP contribution in [-0.4, -0.2) is 23.4 Å². The lowest BCUT2D eigenvalue weighted by atomic mass is 10.1. The van der Waals surface area contributed by atoms with Gasteiger partial charge in [0.15, 0.2) is 11.6 Å². The number of carbonyl (C=O) groups excluding carboxylic acids is 1. The van der Waals surface area contributed by atoms with Crippen LogP contribution in [0.1, 0.15) is 51.3 Å². The molecule has 5 heteroatoms. The predicted octanol–water partition coefficient (Wildman–Crippen LogP) is 3.36. The van der Waals surface area contributed by atoms with Crippen molar-refractivity contribution in [2.75, 3.05) is 6.54 Å². The lowest BCUT2D eigenvalue weighted by molar-refractivity contribution is -0.129. The minimum absolute atomic E-state index is 0.0150. The highest BCUT2D eigenvalue weighted by Crippen LogP contribution is 2.27. The Labute approximate surface area is 124 Å². The number of amides is 1. The number of hydrogen-bond donors (Lipinski definition) is 1. The summed E-state index contributed by atoms with van der Waals surface area (Å²) >= 11 is 0. The van der Waals surface area contributed by atoms with Gasteiger partial charge in [-0.25, -0.2) is 8.78 Å². The van der Waals surface area contributed by atoms with Crippen LogP contribution in [0.3, 0.4) is 0 Å². The first-order valence-electron chi connectivity index (χ1n) is 7.56. The third-order valence-electron chi connectivity index (χ3n) is 3.89. The maximum atomic E-state index is 13.4. The molecule has 1 aliphatic rings. The van der Waals surface area contributed by atoms with Crippen molar-refractivity contribution in [2.24, 2.45) is 0 Å². The van der Waals surface area contributed by atoms with Crippen molar-refractivity contribution in [2.45, 2.75) is 51.7 Å². The van der Waals surface area contributed by atoms with Crippen molar-refractivity contribution in [1.29, 1.82) is 0 Å². The zero-order chi connectivity index (χ0) is 15.4. The van der Waals surface area contributed by atoms with Gasteiger partial charge < -0.3 is 4.90 Å². The van der Waals surface area contributed by atoms with Gasteiger partial charge in [-0.1, -0.05) is 32.3 Å². The Kier molecular flexibility index (Phi) is 5.28. The first-order valence-corrected chi connectivity index (χ1v) is 7.56. The summed E-state index contributed by atoms with van der Waals surface area (Å²) in [5.74, 6) is -1.74. The molecule has 1 saturated heterocycles. The molecular formula is C16H22F2N2O. The van der Waals surface area contributed by atoms with Gasteiger partial charge >= 0.3 is 0 Å². The van der Waals surface area contributed by atoms with Crippen molar-refractivity contribution in [3.05, 3.63) is 35.4 Å². The fourth-order valence-electron chi connectivity index (χ4n) is 2.68. The van der Waals surface area contributed by atoms with Crippen LogP contribution in [0.2, 0.25) is 0 Å². The maximum Gasteiger partial charge on any atom is 0.241 e. The first-order chi connectivity index (χ1) is 10.0. The minimum Gasteiger partial charge on any atom is -0.322 e. The van der Waals surface area contributed by atoms with Crippen LogP contribution in [0, 0.1) is 11.6 Å². The van der Waals surface area contributed by atoms with E-state index in [-0.39, 0.29) is 18.1 Å². The second kappa shape index (κ2) is 6.98. The van der Waals surface area contributed by atoms with E-state index in [2.05, 4.69) is 12.2 Å². The van der Waals surface area contributed by atoms with Crippen LogP contribution >= 0.6 is 0 Å². The Morgan fingerprint density at radius 2 is 1.95 bits per heavy atom. The molecule has 21 heavy (non-hydrogen) atoms. The van der Waals surface area contributed by atoms with Crippen molar-refractivity contribution in [3.8, 4) is 0 Å². The molecule has 1 aliphatic heterocycles. The zero-order valence-corrected chi connectivity index (χ0v) is 12.5. The highest BCUT2D eigenvalue weighted by molar-refractivity contribution is 5.84. The normalized spacial score (nSPS) is 22.1. The molecule has 1 fully saturated rings. The molecule has 2 rings (SSSR count). The molecule has 1 N–H and O–H groups in total. The van der Waals surface area contributed by atoms with Crippen LogP contribution in [0.15, 0.2) is 18.2 Å². The fourth-order valence-corrected chi connectivity index (χ4v) is 2.68. The van der Waals surface area contributed by atoms with Crippen molar-refractivity contribution in [3.63, 3.8) is 0 Å². The maximum absolute atomic E-state index is 13.4. The molecule has 1 aromatic carbocycles. The molecule has 0 bridgehead atoms. The van der Waals surface area contributed by atoms with Crippen molar-refractivity contribution >= 4 is 5.91 Å². The summed E-state index contributed by atoms with van der Waals surface area (Å²) in [6, 6.07) is 3.50. The molecule has 0 saturated carbocycles. The van der Waals surface area contributed by atoms with Crippen LogP contribution in [0.5, 0.6) is 0 Å². The number of carbonyl (C=O) groups is 1. The van der Waals surface area contributed by atoms with Gasteiger partial charge in [-0.15, -0.1) is 0 Å². The first kappa shape index (κ1) is 15.9. The van der Waals surface area contributed by atoms with E-state index in [1.54, 1.807) is 11.8 Å². The summed E-state index contributed by atoms with van der Waals surface area (Å²) in [6.45, 7) is 4.57. The van der Waals surface area contributed by atoms with E-state index in [1.807, 2.05) is 0 Å². The zero-order valence-electron chi connectivity index (χ0n) is 12.5. The highest BCUT2D eigenvalue weighted by atomic mass is 19.2. The molecule has 2 atom stereocenters. The SMILES string of the molecule is CCCCCCN1C(=O)C(C)NC1c1ccc(F)c(F)c1. The van der Waals surface area contributed by atoms with E-state index in [4.69, 9.17) is 0 Å². The minimum atomic E-state index is -0.882. The summed E-state index contributed by atoms with van der Waals surface area (Å²) in [6.07, 6.45) is 3.90. The van der Waals surface area contributed by atoms with Gasteiger partial charge in [-0.2, -0.15) is 0 Å². The average Bonchev–Trinajstić information content (AvgIpc) is 2.74. The number of halogens is 2. The van der Waals surface area contributed by atoms with Gasteiger partial charge in [0.25, 0.3) is 0 Å². The topological polar surface area (TPSA) is 32.3 Å². The molecule has 2 unspecified atom stereocenters. The van der Waals surface area contributed by atoms with Gasteiger partial charge in [-0.3, -0.25) is 10.1 Å². The summed E-state index contributed by atoms with van der Waals surface area (Å²) in [5, 5.41) is 3.14. The number of benzene rings is 1. The molecule has 1 heterocycles. The molecular weight excluding hydrogens is 274 g/mol. The van der Waals surface area contributed by atoms with E-state index >= 15 is 0 Å². The molecule has 1 aromatic rings. The van der Waals surface area contributed by atoms with E-state index in [1.165, 1.54) is 6.07 Å². The second-order valence-corrected chi connectivity index (χ2v) is 5.56. The number of nitrogens with zero attached hydrogens (tertiary/aromatic N) is 1. The summed E-state index contributed by atoms with van der Waals surface area (Å²) in [7, 11) is 0. The van der Waals surface area contributed by atoms with Gasteiger partial charge in [0, 0.05) is 6.54 Å². The number of rotatable bonds is 6. The highest BCUT2D eigenvalue weighted by Gasteiger charge is 2.36. The Bertz CT molecular complexity index is 507. The van der Waals surface area contributed by atoms with Crippen molar-refractivity contribution < 1.29 is 13.6 Å². The average molecular weight is 296 g/mol. The van der Waals surface area contributed by atoms with Crippen LogP contribution < -0.4 is 5.32 Å². The third kappa shape index (κ3) is 3.59. The van der Waals surface area contributed by atoms with E-state index < -0.39 is 11.6 Å². The predicted molar refractivity (Wildman–Crippen MR) is 77.6 cm³/mol. The third-order valence-corrected chi connectivity index (χ3v) is 3.89. The van der Waals surface area contributed by atoms with Crippen LogP contribution in [-0.2, 0) is 4.79 Å². The summed E-state index contributed by atoms with van der Waals surface area (Å²) in [4.78, 5) is 13.9. The van der Waals surface area contributed by atoms with E-state index in [9.17, 15) is 13.6 Å². The molecule has 116 valence electrons. The number of nitrogens with one attached hydrogen (secondary N) is 1. The monoisotopic (exact) mass is 296 g/mol. The largest absolute Gasteiger partial charge is 0.322 e. The quantitative estimate of drug-likeness (QED) is 0.816. The van der Waals surface area contributed by atoms with Gasteiger partial charge in [0.05, 0.1) is 6.04 Å². The molecule has 0 aliphatic carbocycles. The molecule has 0 aromatic heterocycles. The number of hydrogen-bond acceptors (Lipinski definition) is 2. The van der Waals surface area contributed by atoms with E-state index in [0.29, 0.717) is 12.1 Å². The Hall–Kier alpha value is -1.49. The standard InChI is InChI=1S/C16H22F2N2O/c1-3-4-5-6-9-20-15(19-11(2)16(20)21)12-7-8-13(17)14(18)10-12/h7-8,10-11,15,19H,3-6,9H2,1-2H3. The lowest BCUT2D eigenvalue weighted by Gasteiger charge is -2.24. The Morgan fingerprint density at radius 1 is 1.19 bits per heavy atom. The molecule has 0 radical (unpaired) electrons. The summed E-state index contributed by atoms with van der Waals surface area (Å²) < 4.78 is 26.4. The Balaban J connectivity index is 2.11. The molecule has 0 spiro atoms.